The summed E-state index contributed by atoms with van der Waals surface area (Å²) in [6.45, 7) is 10.4. The number of hydrogen-bond donors (Lipinski definition) is 1. The van der Waals surface area contributed by atoms with E-state index in [0.29, 0.717) is 12.0 Å². The average molecular weight is 399 g/mol. The van der Waals surface area contributed by atoms with E-state index >= 15 is 0 Å². The molecule has 2 heterocycles. The molecule has 1 saturated heterocycles. The first kappa shape index (κ1) is 20.4. The molecule has 2 atom stereocenters. The first-order chi connectivity index (χ1) is 14.1. The van der Waals surface area contributed by atoms with Gasteiger partial charge in [-0.25, -0.2) is 0 Å². The Hall–Kier alpha value is -1.92. The maximum absolute atomic E-state index is 12.6. The molecule has 1 N–H and O–H groups in total. The van der Waals surface area contributed by atoms with E-state index in [1.165, 1.54) is 45.6 Å². The summed E-state index contributed by atoms with van der Waals surface area (Å²) in [6, 6.07) is 8.65. The number of fused-ring (bicyclic) bond motifs is 1. The van der Waals surface area contributed by atoms with E-state index in [9.17, 15) is 4.79 Å². The molecule has 6 heteroatoms. The normalized spacial score (nSPS) is 24.2. The van der Waals surface area contributed by atoms with Gasteiger partial charge in [-0.2, -0.15) is 0 Å². The lowest BCUT2D eigenvalue weighted by atomic mass is 9.85. The SMILES string of the molecule is CC(C)N1CCN(C[C@@H]2CCC[C@H](NC(=O)Cc3noc4ccccc34)C2)CC1. The van der Waals surface area contributed by atoms with Gasteiger partial charge >= 0.3 is 0 Å². The van der Waals surface area contributed by atoms with Crippen LogP contribution in [0.1, 0.15) is 45.2 Å². The number of rotatable bonds is 6. The van der Waals surface area contributed by atoms with Crippen molar-refractivity contribution in [3.63, 3.8) is 0 Å². The summed E-state index contributed by atoms with van der Waals surface area (Å²) in [6.07, 6.45) is 4.95. The van der Waals surface area contributed by atoms with Gasteiger partial charge in [0.25, 0.3) is 0 Å². The Kier molecular flexibility index (Phi) is 6.50. The van der Waals surface area contributed by atoms with Crippen molar-refractivity contribution in [2.45, 2.75) is 58.0 Å². The van der Waals surface area contributed by atoms with E-state index in [2.05, 4.69) is 34.1 Å². The zero-order valence-electron chi connectivity index (χ0n) is 17.8. The maximum Gasteiger partial charge on any atom is 0.226 e. The number of benzene rings is 1. The van der Waals surface area contributed by atoms with Gasteiger partial charge in [0, 0.05) is 50.2 Å². The molecule has 0 radical (unpaired) electrons. The molecule has 4 rings (SSSR count). The van der Waals surface area contributed by atoms with Crippen molar-refractivity contribution in [1.82, 2.24) is 20.3 Å². The lowest BCUT2D eigenvalue weighted by Gasteiger charge is -2.39. The lowest BCUT2D eigenvalue weighted by Crippen LogP contribution is -2.50. The average Bonchev–Trinajstić information content (AvgIpc) is 3.11. The van der Waals surface area contributed by atoms with E-state index in [-0.39, 0.29) is 18.4 Å². The van der Waals surface area contributed by atoms with Crippen molar-refractivity contribution in [2.75, 3.05) is 32.7 Å². The molecule has 2 aliphatic rings. The van der Waals surface area contributed by atoms with E-state index in [1.54, 1.807) is 0 Å². The highest BCUT2D eigenvalue weighted by atomic mass is 16.5. The van der Waals surface area contributed by atoms with Crippen molar-refractivity contribution in [3.05, 3.63) is 30.0 Å². The number of piperazine rings is 1. The van der Waals surface area contributed by atoms with Crippen molar-refractivity contribution < 1.29 is 9.32 Å². The Balaban J connectivity index is 1.25. The molecule has 1 aliphatic heterocycles. The van der Waals surface area contributed by atoms with E-state index in [0.717, 1.165) is 29.5 Å². The van der Waals surface area contributed by atoms with Gasteiger partial charge < -0.3 is 14.7 Å². The summed E-state index contributed by atoms with van der Waals surface area (Å²) in [5.41, 5.74) is 1.47. The molecule has 0 bridgehead atoms. The van der Waals surface area contributed by atoms with Crippen LogP contribution in [0.4, 0.5) is 0 Å². The Morgan fingerprint density at radius 2 is 2.00 bits per heavy atom. The van der Waals surface area contributed by atoms with Crippen molar-refractivity contribution in [2.24, 2.45) is 5.92 Å². The van der Waals surface area contributed by atoms with Gasteiger partial charge in [-0.05, 0) is 51.2 Å². The molecule has 2 aromatic rings. The van der Waals surface area contributed by atoms with Crippen molar-refractivity contribution in [1.29, 1.82) is 0 Å². The molecule has 1 aromatic heterocycles. The van der Waals surface area contributed by atoms with Crippen LogP contribution in [0.15, 0.2) is 28.8 Å². The number of amides is 1. The van der Waals surface area contributed by atoms with E-state index in [4.69, 9.17) is 4.52 Å². The molecule has 158 valence electrons. The Morgan fingerprint density at radius 1 is 1.21 bits per heavy atom. The fraction of sp³-hybridized carbons (Fsp3) is 0.652. The summed E-state index contributed by atoms with van der Waals surface area (Å²) >= 11 is 0. The van der Waals surface area contributed by atoms with Gasteiger partial charge in [0.15, 0.2) is 5.58 Å². The second-order valence-corrected chi connectivity index (χ2v) is 9.03. The first-order valence-electron chi connectivity index (χ1n) is 11.2. The number of carbonyl (C=O) groups excluding carboxylic acids is 1. The molecule has 0 spiro atoms. The topological polar surface area (TPSA) is 61.6 Å². The molecule has 6 nitrogen and oxygen atoms in total. The third kappa shape index (κ3) is 5.17. The predicted molar refractivity (Wildman–Crippen MR) is 115 cm³/mol. The van der Waals surface area contributed by atoms with Crippen LogP contribution in [-0.4, -0.2) is 65.7 Å². The molecular weight excluding hydrogens is 364 g/mol. The highest BCUT2D eigenvalue weighted by Gasteiger charge is 2.27. The summed E-state index contributed by atoms with van der Waals surface area (Å²) in [5, 5.41) is 8.29. The number of aromatic nitrogens is 1. The zero-order valence-corrected chi connectivity index (χ0v) is 17.8. The zero-order chi connectivity index (χ0) is 20.2. The van der Waals surface area contributed by atoms with Crippen LogP contribution >= 0.6 is 0 Å². The molecule has 1 saturated carbocycles. The number of nitrogens with zero attached hydrogens (tertiary/aromatic N) is 3. The first-order valence-corrected chi connectivity index (χ1v) is 11.2. The highest BCUT2D eigenvalue weighted by Crippen LogP contribution is 2.26. The maximum atomic E-state index is 12.6. The van der Waals surface area contributed by atoms with Crippen molar-refractivity contribution in [3.8, 4) is 0 Å². The van der Waals surface area contributed by atoms with Crippen LogP contribution in [0.2, 0.25) is 0 Å². The van der Waals surface area contributed by atoms with Crippen LogP contribution in [0, 0.1) is 5.92 Å². The minimum Gasteiger partial charge on any atom is -0.356 e. The predicted octanol–water partition coefficient (Wildman–Crippen LogP) is 3.07. The quantitative estimate of drug-likeness (QED) is 0.810. The molecule has 1 aromatic carbocycles. The minimum absolute atomic E-state index is 0.0558. The number of para-hydroxylation sites is 1. The smallest absolute Gasteiger partial charge is 0.226 e. The highest BCUT2D eigenvalue weighted by molar-refractivity contribution is 5.86. The van der Waals surface area contributed by atoms with Gasteiger partial charge in [0.2, 0.25) is 5.91 Å². The molecule has 1 amide bonds. The number of nitrogens with one attached hydrogen (secondary N) is 1. The second kappa shape index (κ2) is 9.26. The third-order valence-electron chi connectivity index (χ3n) is 6.58. The van der Waals surface area contributed by atoms with Crippen LogP contribution in [-0.2, 0) is 11.2 Å². The van der Waals surface area contributed by atoms with E-state index < -0.39 is 0 Å². The second-order valence-electron chi connectivity index (χ2n) is 9.03. The Morgan fingerprint density at radius 3 is 2.79 bits per heavy atom. The summed E-state index contributed by atoms with van der Waals surface area (Å²) in [5.74, 6) is 0.743. The summed E-state index contributed by atoms with van der Waals surface area (Å²) in [7, 11) is 0. The summed E-state index contributed by atoms with van der Waals surface area (Å²) in [4.78, 5) is 17.8. The molecule has 2 fully saturated rings. The number of hydrogen-bond acceptors (Lipinski definition) is 5. The number of carbonyl (C=O) groups is 1. The van der Waals surface area contributed by atoms with E-state index in [1.807, 2.05) is 24.3 Å². The minimum atomic E-state index is 0.0558. The summed E-state index contributed by atoms with van der Waals surface area (Å²) < 4.78 is 5.32. The third-order valence-corrected chi connectivity index (χ3v) is 6.58. The standard InChI is InChI=1S/C23H34N4O2/c1-17(2)27-12-10-26(11-13-27)16-18-6-5-7-19(14-18)24-23(28)15-21-20-8-3-4-9-22(20)29-25-21/h3-4,8-9,17-19H,5-7,10-16H2,1-2H3,(H,24,28)/t18-,19+/m1/s1. The fourth-order valence-corrected chi connectivity index (χ4v) is 4.91. The van der Waals surface area contributed by atoms with Crippen LogP contribution in [0.3, 0.4) is 0 Å². The monoisotopic (exact) mass is 398 g/mol. The van der Waals surface area contributed by atoms with Crippen LogP contribution < -0.4 is 5.32 Å². The fourth-order valence-electron chi connectivity index (χ4n) is 4.91. The molecule has 29 heavy (non-hydrogen) atoms. The van der Waals surface area contributed by atoms with Gasteiger partial charge in [0.05, 0.1) is 6.42 Å². The molecule has 0 unspecified atom stereocenters. The molecule has 1 aliphatic carbocycles. The van der Waals surface area contributed by atoms with Gasteiger partial charge in [-0.3, -0.25) is 9.69 Å². The largest absolute Gasteiger partial charge is 0.356 e. The van der Waals surface area contributed by atoms with Gasteiger partial charge in [-0.15, -0.1) is 0 Å². The Bertz CT molecular complexity index is 810. The van der Waals surface area contributed by atoms with Gasteiger partial charge in [-0.1, -0.05) is 23.7 Å². The Labute approximate surface area is 173 Å². The lowest BCUT2D eigenvalue weighted by molar-refractivity contribution is -0.121. The van der Waals surface area contributed by atoms with Crippen LogP contribution in [0.5, 0.6) is 0 Å². The van der Waals surface area contributed by atoms with Gasteiger partial charge in [0.1, 0.15) is 5.69 Å². The van der Waals surface area contributed by atoms with Crippen LogP contribution in [0.25, 0.3) is 11.0 Å². The van der Waals surface area contributed by atoms with Crippen molar-refractivity contribution >= 4 is 16.9 Å². The molecular formula is C23H34N4O2.